The Morgan fingerprint density at radius 1 is 1.27 bits per heavy atom. The molecule has 0 heterocycles. The predicted molar refractivity (Wildman–Crippen MR) is 59.6 cm³/mol. The van der Waals surface area contributed by atoms with Crippen LogP contribution in [0.5, 0.6) is 0 Å². The quantitative estimate of drug-likeness (QED) is 0.468. The summed E-state index contributed by atoms with van der Waals surface area (Å²) >= 11 is 0. The Kier molecular flexibility index (Phi) is 3.85. The number of oxime groups is 2. The number of hydrogen-bond donors (Lipinski definition) is 1. The highest BCUT2D eigenvalue weighted by Gasteiger charge is 2.08. The van der Waals surface area contributed by atoms with Crippen LogP contribution in [-0.4, -0.2) is 23.7 Å². The van der Waals surface area contributed by atoms with Crippen molar-refractivity contribution in [2.75, 3.05) is 7.11 Å². The highest BCUT2D eigenvalue weighted by Crippen LogP contribution is 2.06. The fraction of sp³-hybridized carbons (Fsp3) is 0.273. The molecule has 80 valence electrons. The summed E-state index contributed by atoms with van der Waals surface area (Å²) in [6, 6.07) is 7.74. The molecule has 1 aromatic rings. The molecule has 0 saturated carbocycles. The molecule has 0 aromatic heterocycles. The van der Waals surface area contributed by atoms with Crippen LogP contribution in [0.3, 0.4) is 0 Å². The van der Waals surface area contributed by atoms with Gasteiger partial charge in [-0.2, -0.15) is 0 Å². The van der Waals surface area contributed by atoms with Gasteiger partial charge in [-0.1, -0.05) is 40.1 Å². The first-order valence-corrected chi connectivity index (χ1v) is 4.56. The summed E-state index contributed by atoms with van der Waals surface area (Å²) in [5.74, 6) is 0. The first-order valence-electron chi connectivity index (χ1n) is 4.56. The third-order valence-electron chi connectivity index (χ3n) is 2.00. The zero-order chi connectivity index (χ0) is 11.3. The standard InChI is InChI=1S/C11H14N2O2/c1-8-4-6-10(7-5-8)11(13-15-3)9(2)12-14/h4-7,14H,1-3H3/b12-9+,13-11-. The molecule has 0 radical (unpaired) electrons. The van der Waals surface area contributed by atoms with E-state index >= 15 is 0 Å². The van der Waals surface area contributed by atoms with Crippen molar-refractivity contribution >= 4 is 11.4 Å². The summed E-state index contributed by atoms with van der Waals surface area (Å²) in [5.41, 5.74) is 2.97. The molecule has 1 N–H and O–H groups in total. The largest absolute Gasteiger partial charge is 0.411 e. The molecule has 4 heteroatoms. The van der Waals surface area contributed by atoms with Crippen molar-refractivity contribution < 1.29 is 10.0 Å². The fourth-order valence-electron chi connectivity index (χ4n) is 1.18. The maximum absolute atomic E-state index is 8.70. The Morgan fingerprint density at radius 2 is 1.87 bits per heavy atom. The molecule has 0 saturated heterocycles. The van der Waals surface area contributed by atoms with Gasteiger partial charge in [0, 0.05) is 5.56 Å². The van der Waals surface area contributed by atoms with Crippen LogP contribution in [-0.2, 0) is 4.84 Å². The molecule has 0 spiro atoms. The third kappa shape index (κ3) is 2.80. The summed E-state index contributed by atoms with van der Waals surface area (Å²) in [6.45, 7) is 3.67. The van der Waals surface area contributed by atoms with Gasteiger partial charge in [-0.3, -0.25) is 0 Å². The highest BCUT2D eigenvalue weighted by molar-refractivity contribution is 6.47. The topological polar surface area (TPSA) is 54.2 Å². The van der Waals surface area contributed by atoms with E-state index in [1.165, 1.54) is 7.11 Å². The van der Waals surface area contributed by atoms with Crippen LogP contribution in [0.2, 0.25) is 0 Å². The van der Waals surface area contributed by atoms with Gasteiger partial charge >= 0.3 is 0 Å². The van der Waals surface area contributed by atoms with E-state index in [-0.39, 0.29) is 0 Å². The molecule has 0 aliphatic carbocycles. The number of benzene rings is 1. The lowest BCUT2D eigenvalue weighted by atomic mass is 10.1. The van der Waals surface area contributed by atoms with Crippen LogP contribution in [0.25, 0.3) is 0 Å². The molecule has 0 atom stereocenters. The van der Waals surface area contributed by atoms with Crippen LogP contribution >= 0.6 is 0 Å². The minimum Gasteiger partial charge on any atom is -0.411 e. The van der Waals surface area contributed by atoms with E-state index in [4.69, 9.17) is 10.0 Å². The van der Waals surface area contributed by atoms with Crippen LogP contribution in [0.4, 0.5) is 0 Å². The molecule has 0 fully saturated rings. The van der Waals surface area contributed by atoms with E-state index in [1.807, 2.05) is 31.2 Å². The zero-order valence-electron chi connectivity index (χ0n) is 9.06. The van der Waals surface area contributed by atoms with E-state index in [9.17, 15) is 0 Å². The zero-order valence-corrected chi connectivity index (χ0v) is 9.06. The Bertz CT molecular complexity index is 380. The maximum Gasteiger partial charge on any atom is 0.134 e. The second-order valence-electron chi connectivity index (χ2n) is 3.17. The van der Waals surface area contributed by atoms with Gasteiger partial charge in [0.05, 0.1) is 0 Å². The van der Waals surface area contributed by atoms with Crippen molar-refractivity contribution in [3.05, 3.63) is 35.4 Å². The Morgan fingerprint density at radius 3 is 2.33 bits per heavy atom. The van der Waals surface area contributed by atoms with Gasteiger partial charge in [0.15, 0.2) is 0 Å². The Balaban J connectivity index is 3.11. The molecule has 0 aliphatic heterocycles. The van der Waals surface area contributed by atoms with Crippen LogP contribution in [0.1, 0.15) is 18.1 Å². The van der Waals surface area contributed by atoms with Crippen molar-refractivity contribution in [1.82, 2.24) is 0 Å². The smallest absolute Gasteiger partial charge is 0.134 e. The average Bonchev–Trinajstić information content (AvgIpc) is 2.26. The van der Waals surface area contributed by atoms with Gasteiger partial charge in [-0.05, 0) is 13.8 Å². The maximum atomic E-state index is 8.70. The van der Waals surface area contributed by atoms with E-state index in [1.54, 1.807) is 6.92 Å². The van der Waals surface area contributed by atoms with Crippen LogP contribution in [0, 0.1) is 6.92 Å². The molecule has 0 unspecified atom stereocenters. The molecule has 1 aromatic carbocycles. The minimum atomic E-state index is 0.417. The molecular formula is C11H14N2O2. The average molecular weight is 206 g/mol. The first-order chi connectivity index (χ1) is 7.19. The van der Waals surface area contributed by atoms with Crippen molar-refractivity contribution in [3.8, 4) is 0 Å². The van der Waals surface area contributed by atoms with Crippen molar-refractivity contribution in [2.24, 2.45) is 10.3 Å². The highest BCUT2D eigenvalue weighted by atomic mass is 16.6. The Hall–Kier alpha value is -1.84. The third-order valence-corrected chi connectivity index (χ3v) is 2.00. The van der Waals surface area contributed by atoms with Crippen LogP contribution < -0.4 is 0 Å². The Labute approximate surface area is 88.9 Å². The van der Waals surface area contributed by atoms with Gasteiger partial charge < -0.3 is 10.0 Å². The van der Waals surface area contributed by atoms with Crippen molar-refractivity contribution in [1.29, 1.82) is 0 Å². The monoisotopic (exact) mass is 206 g/mol. The number of rotatable bonds is 3. The van der Waals surface area contributed by atoms with E-state index < -0.39 is 0 Å². The lowest BCUT2D eigenvalue weighted by molar-refractivity contribution is 0.214. The second kappa shape index (κ2) is 5.14. The summed E-state index contributed by atoms with van der Waals surface area (Å²) in [6.07, 6.45) is 0. The molecule has 0 bridgehead atoms. The predicted octanol–water partition coefficient (Wildman–Crippen LogP) is 2.20. The van der Waals surface area contributed by atoms with Crippen molar-refractivity contribution in [3.63, 3.8) is 0 Å². The van der Waals surface area contributed by atoms with E-state index in [2.05, 4.69) is 10.3 Å². The number of hydrogen-bond acceptors (Lipinski definition) is 4. The fourth-order valence-corrected chi connectivity index (χ4v) is 1.18. The first kappa shape index (κ1) is 11.2. The van der Waals surface area contributed by atoms with Crippen LogP contribution in [0.15, 0.2) is 34.6 Å². The van der Waals surface area contributed by atoms with Gasteiger partial charge in [0.25, 0.3) is 0 Å². The summed E-state index contributed by atoms with van der Waals surface area (Å²) in [4.78, 5) is 4.71. The second-order valence-corrected chi connectivity index (χ2v) is 3.17. The van der Waals surface area contributed by atoms with E-state index in [0.29, 0.717) is 11.4 Å². The summed E-state index contributed by atoms with van der Waals surface area (Å²) in [7, 11) is 1.46. The van der Waals surface area contributed by atoms with E-state index in [0.717, 1.165) is 11.1 Å². The molecule has 4 nitrogen and oxygen atoms in total. The summed E-state index contributed by atoms with van der Waals surface area (Å²) < 4.78 is 0. The molecule has 0 amide bonds. The van der Waals surface area contributed by atoms with Crippen molar-refractivity contribution in [2.45, 2.75) is 13.8 Å². The van der Waals surface area contributed by atoms with Gasteiger partial charge in [0.2, 0.25) is 0 Å². The molecule has 15 heavy (non-hydrogen) atoms. The molecular weight excluding hydrogens is 192 g/mol. The SMILES string of the molecule is CO/N=C(/C(C)=N/O)c1ccc(C)cc1. The number of aryl methyl sites for hydroxylation is 1. The van der Waals surface area contributed by atoms with Gasteiger partial charge in [-0.15, -0.1) is 0 Å². The normalized spacial score (nSPS) is 12.7. The van der Waals surface area contributed by atoms with Gasteiger partial charge in [-0.25, -0.2) is 0 Å². The number of nitrogens with zero attached hydrogens (tertiary/aromatic N) is 2. The van der Waals surface area contributed by atoms with Gasteiger partial charge in [0.1, 0.15) is 18.5 Å². The molecule has 1 rings (SSSR count). The lowest BCUT2D eigenvalue weighted by Gasteiger charge is -2.04. The lowest BCUT2D eigenvalue weighted by Crippen LogP contribution is -2.12. The minimum absolute atomic E-state index is 0.417. The summed E-state index contributed by atoms with van der Waals surface area (Å²) in [5, 5.41) is 15.6. The molecule has 0 aliphatic rings.